The van der Waals surface area contributed by atoms with Crippen molar-refractivity contribution in [2.75, 3.05) is 18.5 Å². The molecule has 0 atom stereocenters. The SMILES string of the molecule is FC(F)(F)c1cccnc1OCCNc1ccnc(Cl)c1. The van der Waals surface area contributed by atoms with Crippen LogP contribution in [-0.4, -0.2) is 23.1 Å². The Labute approximate surface area is 123 Å². The highest BCUT2D eigenvalue weighted by Crippen LogP contribution is 2.34. The van der Waals surface area contributed by atoms with E-state index in [-0.39, 0.29) is 6.61 Å². The maximum absolute atomic E-state index is 12.7. The van der Waals surface area contributed by atoms with E-state index in [4.69, 9.17) is 16.3 Å². The summed E-state index contributed by atoms with van der Waals surface area (Å²) in [6.45, 7) is 0.328. The standard InChI is InChI=1S/C13H11ClF3N3O/c14-11-8-9(3-5-19-11)18-6-7-21-12-10(13(15,16)17)2-1-4-20-12/h1-5,8H,6-7H2,(H,18,19). The first kappa shape index (κ1) is 15.4. The zero-order valence-corrected chi connectivity index (χ0v) is 11.4. The van der Waals surface area contributed by atoms with Crippen molar-refractivity contribution in [3.05, 3.63) is 47.4 Å². The van der Waals surface area contributed by atoms with E-state index in [0.717, 1.165) is 6.07 Å². The number of ether oxygens (including phenoxy) is 1. The second-order valence-electron chi connectivity index (χ2n) is 4.00. The fourth-order valence-corrected chi connectivity index (χ4v) is 1.75. The van der Waals surface area contributed by atoms with Gasteiger partial charge in [0.15, 0.2) is 0 Å². The van der Waals surface area contributed by atoms with Gasteiger partial charge in [-0.1, -0.05) is 11.6 Å². The summed E-state index contributed by atoms with van der Waals surface area (Å²) in [6, 6.07) is 5.43. The lowest BCUT2D eigenvalue weighted by Crippen LogP contribution is -2.15. The third-order valence-electron chi connectivity index (χ3n) is 2.47. The first-order chi connectivity index (χ1) is 9.97. The smallest absolute Gasteiger partial charge is 0.421 e. The van der Waals surface area contributed by atoms with Crippen LogP contribution >= 0.6 is 11.6 Å². The minimum atomic E-state index is -4.49. The maximum atomic E-state index is 12.7. The normalized spacial score (nSPS) is 11.2. The molecule has 0 aromatic carbocycles. The van der Waals surface area contributed by atoms with E-state index in [9.17, 15) is 13.2 Å². The van der Waals surface area contributed by atoms with Crippen LogP contribution in [0.4, 0.5) is 18.9 Å². The van der Waals surface area contributed by atoms with Crippen molar-refractivity contribution in [2.45, 2.75) is 6.18 Å². The molecule has 0 spiro atoms. The third kappa shape index (κ3) is 4.49. The summed E-state index contributed by atoms with van der Waals surface area (Å²) in [4.78, 5) is 7.42. The fraction of sp³-hybridized carbons (Fsp3) is 0.231. The van der Waals surface area contributed by atoms with Gasteiger partial charge in [0, 0.05) is 24.6 Å². The predicted octanol–water partition coefficient (Wildman–Crippen LogP) is 3.64. The average molecular weight is 318 g/mol. The van der Waals surface area contributed by atoms with Crippen LogP contribution in [0, 0.1) is 0 Å². The van der Waals surface area contributed by atoms with E-state index in [1.165, 1.54) is 18.5 Å². The molecule has 2 aromatic heterocycles. The Hall–Kier alpha value is -2.02. The summed E-state index contributed by atoms with van der Waals surface area (Å²) < 4.78 is 43.2. The second kappa shape index (κ2) is 6.62. The average Bonchev–Trinajstić information content (AvgIpc) is 2.43. The molecule has 0 bridgehead atoms. The van der Waals surface area contributed by atoms with Crippen LogP contribution in [0.1, 0.15) is 5.56 Å². The monoisotopic (exact) mass is 317 g/mol. The molecule has 2 heterocycles. The summed E-state index contributed by atoms with van der Waals surface area (Å²) in [7, 11) is 0. The van der Waals surface area contributed by atoms with E-state index in [0.29, 0.717) is 17.4 Å². The van der Waals surface area contributed by atoms with E-state index in [2.05, 4.69) is 15.3 Å². The van der Waals surface area contributed by atoms with E-state index in [1.807, 2.05) is 0 Å². The molecule has 0 fully saturated rings. The summed E-state index contributed by atoms with van der Waals surface area (Å²) in [5.74, 6) is -0.431. The molecule has 0 saturated heterocycles. The van der Waals surface area contributed by atoms with Crippen molar-refractivity contribution in [1.82, 2.24) is 9.97 Å². The Kier molecular flexibility index (Phi) is 4.85. The van der Waals surface area contributed by atoms with Crippen LogP contribution in [0.25, 0.3) is 0 Å². The van der Waals surface area contributed by atoms with Crippen molar-refractivity contribution < 1.29 is 17.9 Å². The van der Waals surface area contributed by atoms with Crippen LogP contribution < -0.4 is 10.1 Å². The van der Waals surface area contributed by atoms with Crippen molar-refractivity contribution in [1.29, 1.82) is 0 Å². The van der Waals surface area contributed by atoms with Gasteiger partial charge in [0.25, 0.3) is 0 Å². The molecule has 0 unspecified atom stereocenters. The number of rotatable bonds is 5. The van der Waals surface area contributed by atoms with Crippen LogP contribution in [-0.2, 0) is 6.18 Å². The van der Waals surface area contributed by atoms with Crippen molar-refractivity contribution in [3.8, 4) is 5.88 Å². The molecular formula is C13H11ClF3N3O. The minimum Gasteiger partial charge on any atom is -0.475 e. The van der Waals surface area contributed by atoms with E-state index < -0.39 is 17.6 Å². The second-order valence-corrected chi connectivity index (χ2v) is 4.38. The Bertz CT molecular complexity index is 607. The molecule has 0 saturated carbocycles. The maximum Gasteiger partial charge on any atom is 0.421 e. The molecule has 112 valence electrons. The fourth-order valence-electron chi connectivity index (χ4n) is 1.58. The molecule has 2 aromatic rings. The Morgan fingerprint density at radius 2 is 2.00 bits per heavy atom. The van der Waals surface area contributed by atoms with Gasteiger partial charge >= 0.3 is 6.18 Å². The van der Waals surface area contributed by atoms with Crippen LogP contribution in [0.2, 0.25) is 5.15 Å². The van der Waals surface area contributed by atoms with Crippen LogP contribution in [0.3, 0.4) is 0 Å². The topological polar surface area (TPSA) is 47.0 Å². The number of alkyl halides is 3. The van der Waals surface area contributed by atoms with Gasteiger partial charge in [-0.3, -0.25) is 0 Å². The number of pyridine rings is 2. The number of nitrogens with zero attached hydrogens (tertiary/aromatic N) is 2. The summed E-state index contributed by atoms with van der Waals surface area (Å²) in [5, 5.41) is 3.28. The molecule has 8 heteroatoms. The molecule has 0 aliphatic heterocycles. The molecule has 4 nitrogen and oxygen atoms in total. The summed E-state index contributed by atoms with van der Waals surface area (Å²) in [6.07, 6.45) is -1.72. The zero-order chi connectivity index (χ0) is 15.3. The van der Waals surface area contributed by atoms with Crippen molar-refractivity contribution in [3.63, 3.8) is 0 Å². The lowest BCUT2D eigenvalue weighted by molar-refractivity contribution is -0.139. The van der Waals surface area contributed by atoms with Crippen LogP contribution in [0.15, 0.2) is 36.7 Å². The summed E-state index contributed by atoms with van der Waals surface area (Å²) in [5.41, 5.74) is -0.187. The third-order valence-corrected chi connectivity index (χ3v) is 2.68. The molecule has 0 amide bonds. The van der Waals surface area contributed by atoms with Gasteiger partial charge in [-0.2, -0.15) is 13.2 Å². The van der Waals surface area contributed by atoms with Gasteiger partial charge < -0.3 is 10.1 Å². The quantitative estimate of drug-likeness (QED) is 0.675. The van der Waals surface area contributed by atoms with Gasteiger partial charge in [0.2, 0.25) is 5.88 Å². The lowest BCUT2D eigenvalue weighted by atomic mass is 10.2. The van der Waals surface area contributed by atoms with Gasteiger partial charge in [-0.05, 0) is 24.3 Å². The molecule has 1 N–H and O–H groups in total. The lowest BCUT2D eigenvalue weighted by Gasteiger charge is -2.13. The minimum absolute atomic E-state index is 0.0278. The molecular weight excluding hydrogens is 307 g/mol. The number of anilines is 1. The predicted molar refractivity (Wildman–Crippen MR) is 72.5 cm³/mol. The molecule has 0 radical (unpaired) electrons. The Balaban J connectivity index is 1.90. The molecule has 2 rings (SSSR count). The van der Waals surface area contributed by atoms with E-state index in [1.54, 1.807) is 12.1 Å². The first-order valence-electron chi connectivity index (χ1n) is 5.97. The van der Waals surface area contributed by atoms with Gasteiger partial charge in [0.05, 0.1) is 0 Å². The molecule has 0 aliphatic rings. The highest BCUT2D eigenvalue weighted by atomic mass is 35.5. The van der Waals surface area contributed by atoms with Crippen LogP contribution in [0.5, 0.6) is 5.88 Å². The number of aromatic nitrogens is 2. The van der Waals surface area contributed by atoms with Crippen molar-refractivity contribution >= 4 is 17.3 Å². The highest BCUT2D eigenvalue weighted by molar-refractivity contribution is 6.29. The van der Waals surface area contributed by atoms with E-state index >= 15 is 0 Å². The zero-order valence-electron chi connectivity index (χ0n) is 10.7. The van der Waals surface area contributed by atoms with Crippen molar-refractivity contribution in [2.24, 2.45) is 0 Å². The molecule has 0 aliphatic carbocycles. The number of nitrogens with one attached hydrogen (secondary N) is 1. The Morgan fingerprint density at radius 3 is 2.71 bits per heavy atom. The Morgan fingerprint density at radius 1 is 1.19 bits per heavy atom. The number of halogens is 4. The highest BCUT2D eigenvalue weighted by Gasteiger charge is 2.34. The van der Waals surface area contributed by atoms with Gasteiger partial charge in [0.1, 0.15) is 17.3 Å². The summed E-state index contributed by atoms with van der Waals surface area (Å²) >= 11 is 5.71. The molecule has 21 heavy (non-hydrogen) atoms. The number of hydrogen-bond acceptors (Lipinski definition) is 4. The van der Waals surface area contributed by atoms with Gasteiger partial charge in [-0.25, -0.2) is 9.97 Å². The van der Waals surface area contributed by atoms with Gasteiger partial charge in [-0.15, -0.1) is 0 Å². The first-order valence-corrected chi connectivity index (χ1v) is 6.35. The largest absolute Gasteiger partial charge is 0.475 e. The number of hydrogen-bond donors (Lipinski definition) is 1.